The van der Waals surface area contributed by atoms with Gasteiger partial charge < -0.3 is 10.6 Å². The van der Waals surface area contributed by atoms with E-state index in [-0.39, 0.29) is 6.04 Å². The van der Waals surface area contributed by atoms with Gasteiger partial charge in [-0.15, -0.1) is 0 Å². The Morgan fingerprint density at radius 3 is 2.62 bits per heavy atom. The molecule has 1 heterocycles. The third-order valence-corrected chi connectivity index (χ3v) is 6.71. The van der Waals surface area contributed by atoms with Gasteiger partial charge in [-0.25, -0.2) is 8.42 Å². The van der Waals surface area contributed by atoms with Crippen molar-refractivity contribution in [3.8, 4) is 0 Å². The number of nitrogens with one attached hydrogen (secondary N) is 2. The number of sulfone groups is 1. The normalized spacial score (nSPS) is 28.0. The first kappa shape index (κ1) is 17.2. The highest BCUT2D eigenvalue weighted by atomic mass is 32.2. The Balaban J connectivity index is 1.70. The standard InChI is InChI=1S/C16H32N2O2S/c1-14(2)11-16(6-3-4-7-16)13-17-8-5-15-12-21(19,20)10-9-18-15/h14-15,17-18H,3-13H2,1-2H3. The van der Waals surface area contributed by atoms with Crippen molar-refractivity contribution < 1.29 is 8.42 Å². The minimum Gasteiger partial charge on any atom is -0.316 e. The van der Waals surface area contributed by atoms with Crippen LogP contribution in [-0.4, -0.2) is 45.6 Å². The Kier molecular flexibility index (Phi) is 6.09. The van der Waals surface area contributed by atoms with E-state index in [0.29, 0.717) is 23.5 Å². The van der Waals surface area contributed by atoms with Gasteiger partial charge >= 0.3 is 0 Å². The average molecular weight is 317 g/mol. The Morgan fingerprint density at radius 2 is 2.00 bits per heavy atom. The van der Waals surface area contributed by atoms with E-state index in [2.05, 4.69) is 24.5 Å². The quantitative estimate of drug-likeness (QED) is 0.705. The van der Waals surface area contributed by atoms with Gasteiger partial charge in [0.1, 0.15) is 0 Å². The zero-order valence-corrected chi connectivity index (χ0v) is 14.5. The van der Waals surface area contributed by atoms with Crippen LogP contribution in [-0.2, 0) is 9.84 Å². The van der Waals surface area contributed by atoms with Crippen molar-refractivity contribution in [2.45, 2.75) is 58.4 Å². The molecule has 1 saturated carbocycles. The van der Waals surface area contributed by atoms with Gasteiger partial charge in [0.2, 0.25) is 0 Å². The molecule has 124 valence electrons. The smallest absolute Gasteiger partial charge is 0.153 e. The van der Waals surface area contributed by atoms with Gasteiger partial charge in [-0.3, -0.25) is 0 Å². The first-order valence-corrected chi connectivity index (χ1v) is 10.4. The van der Waals surface area contributed by atoms with Crippen molar-refractivity contribution in [2.75, 3.05) is 31.1 Å². The van der Waals surface area contributed by atoms with Crippen LogP contribution in [0, 0.1) is 11.3 Å². The fraction of sp³-hybridized carbons (Fsp3) is 1.00. The molecule has 21 heavy (non-hydrogen) atoms. The molecule has 4 nitrogen and oxygen atoms in total. The second-order valence-electron chi connectivity index (χ2n) is 7.54. The van der Waals surface area contributed by atoms with Gasteiger partial charge in [-0.05, 0) is 43.6 Å². The van der Waals surface area contributed by atoms with Crippen LogP contribution < -0.4 is 10.6 Å². The van der Waals surface area contributed by atoms with Crippen LogP contribution >= 0.6 is 0 Å². The van der Waals surface area contributed by atoms with Crippen LogP contribution in [0.3, 0.4) is 0 Å². The van der Waals surface area contributed by atoms with E-state index in [1.807, 2.05) is 0 Å². The van der Waals surface area contributed by atoms with Gasteiger partial charge in [0, 0.05) is 19.1 Å². The van der Waals surface area contributed by atoms with Crippen molar-refractivity contribution in [3.05, 3.63) is 0 Å². The summed E-state index contributed by atoms with van der Waals surface area (Å²) in [5.41, 5.74) is 0.500. The van der Waals surface area contributed by atoms with E-state index in [1.54, 1.807) is 0 Å². The van der Waals surface area contributed by atoms with E-state index in [1.165, 1.54) is 32.1 Å². The molecule has 2 N–H and O–H groups in total. The molecule has 1 unspecified atom stereocenters. The lowest BCUT2D eigenvalue weighted by Crippen LogP contribution is -2.46. The topological polar surface area (TPSA) is 58.2 Å². The highest BCUT2D eigenvalue weighted by Crippen LogP contribution is 2.42. The van der Waals surface area contributed by atoms with Crippen molar-refractivity contribution in [3.63, 3.8) is 0 Å². The zero-order valence-electron chi connectivity index (χ0n) is 13.7. The summed E-state index contributed by atoms with van der Waals surface area (Å²) >= 11 is 0. The van der Waals surface area contributed by atoms with E-state index in [9.17, 15) is 8.42 Å². The highest BCUT2D eigenvalue weighted by Gasteiger charge is 2.34. The predicted octanol–water partition coefficient (Wildman–Crippen LogP) is 1.96. The molecule has 1 saturated heterocycles. The highest BCUT2D eigenvalue weighted by molar-refractivity contribution is 7.91. The van der Waals surface area contributed by atoms with Gasteiger partial charge in [-0.2, -0.15) is 0 Å². The van der Waals surface area contributed by atoms with E-state index >= 15 is 0 Å². The minimum absolute atomic E-state index is 0.140. The molecule has 2 fully saturated rings. The van der Waals surface area contributed by atoms with E-state index < -0.39 is 9.84 Å². The Bertz CT molecular complexity index is 414. The lowest BCUT2D eigenvalue weighted by Gasteiger charge is -2.32. The van der Waals surface area contributed by atoms with Crippen LogP contribution in [0.2, 0.25) is 0 Å². The maximum Gasteiger partial charge on any atom is 0.153 e. The number of hydrogen-bond acceptors (Lipinski definition) is 4. The molecule has 0 bridgehead atoms. The molecule has 1 aliphatic heterocycles. The maximum absolute atomic E-state index is 11.6. The lowest BCUT2D eigenvalue weighted by molar-refractivity contribution is 0.223. The Labute approximate surface area is 130 Å². The fourth-order valence-corrected chi connectivity index (χ4v) is 5.62. The fourth-order valence-electron chi connectivity index (χ4n) is 4.13. The van der Waals surface area contributed by atoms with Crippen LogP contribution in [0.15, 0.2) is 0 Å². The molecule has 0 aromatic rings. The summed E-state index contributed by atoms with van der Waals surface area (Å²) in [6, 6.07) is 0.140. The van der Waals surface area contributed by atoms with Crippen LogP contribution in [0.25, 0.3) is 0 Å². The molecular weight excluding hydrogens is 284 g/mol. The van der Waals surface area contributed by atoms with Gasteiger partial charge in [-0.1, -0.05) is 26.7 Å². The summed E-state index contributed by atoms with van der Waals surface area (Å²) in [5.74, 6) is 1.37. The van der Waals surface area contributed by atoms with Crippen molar-refractivity contribution >= 4 is 9.84 Å². The monoisotopic (exact) mass is 316 g/mol. The first-order chi connectivity index (χ1) is 9.91. The van der Waals surface area contributed by atoms with Crippen molar-refractivity contribution in [2.24, 2.45) is 11.3 Å². The Morgan fingerprint density at radius 1 is 1.29 bits per heavy atom. The van der Waals surface area contributed by atoms with E-state index in [0.717, 1.165) is 25.4 Å². The van der Waals surface area contributed by atoms with Gasteiger partial charge in [0.05, 0.1) is 11.5 Å². The largest absolute Gasteiger partial charge is 0.316 e. The molecule has 0 amide bonds. The molecule has 5 heteroatoms. The minimum atomic E-state index is -2.80. The maximum atomic E-state index is 11.6. The lowest BCUT2D eigenvalue weighted by atomic mass is 9.78. The second-order valence-corrected chi connectivity index (χ2v) is 9.76. The summed E-state index contributed by atoms with van der Waals surface area (Å²) in [5, 5.41) is 6.94. The summed E-state index contributed by atoms with van der Waals surface area (Å²) in [4.78, 5) is 0. The van der Waals surface area contributed by atoms with Gasteiger partial charge in [0.25, 0.3) is 0 Å². The molecule has 0 radical (unpaired) electrons. The van der Waals surface area contributed by atoms with Crippen molar-refractivity contribution in [1.82, 2.24) is 10.6 Å². The first-order valence-electron chi connectivity index (χ1n) is 8.55. The molecular formula is C16H32N2O2S. The molecule has 0 aromatic heterocycles. The third-order valence-electron chi connectivity index (χ3n) is 4.98. The molecule has 0 spiro atoms. The van der Waals surface area contributed by atoms with Crippen LogP contribution in [0.5, 0.6) is 0 Å². The molecule has 2 rings (SSSR count). The molecule has 1 atom stereocenters. The van der Waals surface area contributed by atoms with E-state index in [4.69, 9.17) is 0 Å². The summed E-state index contributed by atoms with van der Waals surface area (Å²) < 4.78 is 23.2. The molecule has 0 aromatic carbocycles. The number of hydrogen-bond donors (Lipinski definition) is 2. The molecule has 2 aliphatic rings. The van der Waals surface area contributed by atoms with Crippen LogP contribution in [0.1, 0.15) is 52.4 Å². The van der Waals surface area contributed by atoms with Crippen LogP contribution in [0.4, 0.5) is 0 Å². The number of rotatable bonds is 7. The predicted molar refractivity (Wildman–Crippen MR) is 88.3 cm³/mol. The average Bonchev–Trinajstić information content (AvgIpc) is 2.81. The molecule has 1 aliphatic carbocycles. The summed E-state index contributed by atoms with van der Waals surface area (Å²) in [6.07, 6.45) is 7.68. The SMILES string of the molecule is CC(C)CC1(CNCCC2CS(=O)(=O)CCN2)CCCC1. The summed E-state index contributed by atoms with van der Waals surface area (Å²) in [6.45, 7) is 7.27. The van der Waals surface area contributed by atoms with Crippen molar-refractivity contribution in [1.29, 1.82) is 0 Å². The second kappa shape index (κ2) is 7.42. The van der Waals surface area contributed by atoms with Gasteiger partial charge in [0.15, 0.2) is 9.84 Å². The zero-order chi connectivity index (χ0) is 15.3. The third kappa shape index (κ3) is 5.53. The Hall–Kier alpha value is -0.130. The summed E-state index contributed by atoms with van der Waals surface area (Å²) in [7, 11) is -2.80.